The molecule has 0 fully saturated rings. The van der Waals surface area contributed by atoms with Crippen LogP contribution >= 0.6 is 34.8 Å². The maximum absolute atomic E-state index is 12.9. The van der Waals surface area contributed by atoms with Gasteiger partial charge in [0.15, 0.2) is 0 Å². The number of benzene rings is 2. The summed E-state index contributed by atoms with van der Waals surface area (Å²) < 4.78 is 0. The van der Waals surface area contributed by atoms with Crippen LogP contribution in [-0.4, -0.2) is 29.8 Å². The Morgan fingerprint density at radius 2 is 1.73 bits per heavy atom. The molecular formula is C19H19Cl3N2O2. The normalized spacial score (nSPS) is 11.7. The molecule has 1 unspecified atom stereocenters. The van der Waals surface area contributed by atoms with Gasteiger partial charge in [0.05, 0.1) is 6.42 Å². The number of hydrogen-bond acceptors (Lipinski definition) is 2. The molecule has 7 heteroatoms. The van der Waals surface area contributed by atoms with Crippen molar-refractivity contribution in [3.63, 3.8) is 0 Å². The van der Waals surface area contributed by atoms with Crippen molar-refractivity contribution in [3.05, 3.63) is 68.7 Å². The number of amides is 2. The lowest BCUT2D eigenvalue weighted by atomic mass is 10.1. The second-order valence-electron chi connectivity index (χ2n) is 5.82. The van der Waals surface area contributed by atoms with Gasteiger partial charge in [0.1, 0.15) is 6.04 Å². The van der Waals surface area contributed by atoms with Gasteiger partial charge in [-0.3, -0.25) is 9.59 Å². The summed E-state index contributed by atoms with van der Waals surface area (Å²) in [5.74, 6) is -0.488. The van der Waals surface area contributed by atoms with Crippen molar-refractivity contribution in [1.29, 1.82) is 0 Å². The van der Waals surface area contributed by atoms with E-state index in [0.29, 0.717) is 20.6 Å². The van der Waals surface area contributed by atoms with Crippen LogP contribution in [0, 0.1) is 0 Å². The Bertz CT molecular complexity index is 811. The van der Waals surface area contributed by atoms with E-state index >= 15 is 0 Å². The molecule has 0 spiro atoms. The highest BCUT2D eigenvalue weighted by molar-refractivity contribution is 6.35. The zero-order valence-corrected chi connectivity index (χ0v) is 16.7. The third-order valence-corrected chi connectivity index (χ3v) is 5.02. The summed E-state index contributed by atoms with van der Waals surface area (Å²) in [7, 11) is 1.53. The van der Waals surface area contributed by atoms with Crippen molar-refractivity contribution in [2.45, 2.75) is 25.9 Å². The van der Waals surface area contributed by atoms with Crippen molar-refractivity contribution in [2.75, 3.05) is 7.05 Å². The predicted molar refractivity (Wildman–Crippen MR) is 106 cm³/mol. The molecule has 4 nitrogen and oxygen atoms in total. The number of likely N-dealkylation sites (N-methyl/N-ethyl adjacent to an activating group) is 1. The molecule has 1 N–H and O–H groups in total. The van der Waals surface area contributed by atoms with Crippen LogP contribution in [0.25, 0.3) is 0 Å². The van der Waals surface area contributed by atoms with E-state index < -0.39 is 6.04 Å². The third-order valence-electron chi connectivity index (χ3n) is 4.07. The van der Waals surface area contributed by atoms with Crippen LogP contribution in [0.3, 0.4) is 0 Å². The SMILES string of the molecule is CNC(=O)C(C)N(Cc1ccccc1Cl)C(=O)Cc1ccc(Cl)cc1Cl. The van der Waals surface area contributed by atoms with Gasteiger partial charge in [-0.15, -0.1) is 0 Å². The van der Waals surface area contributed by atoms with Crippen LogP contribution in [0.2, 0.25) is 15.1 Å². The molecule has 0 heterocycles. The van der Waals surface area contributed by atoms with Gasteiger partial charge in [-0.1, -0.05) is 59.1 Å². The second-order valence-corrected chi connectivity index (χ2v) is 7.07. The lowest BCUT2D eigenvalue weighted by Gasteiger charge is -2.29. The fraction of sp³-hybridized carbons (Fsp3) is 0.263. The van der Waals surface area contributed by atoms with E-state index in [4.69, 9.17) is 34.8 Å². The molecule has 0 saturated heterocycles. The number of halogens is 3. The third kappa shape index (κ3) is 5.13. The Morgan fingerprint density at radius 3 is 2.35 bits per heavy atom. The fourth-order valence-electron chi connectivity index (χ4n) is 2.53. The molecule has 138 valence electrons. The zero-order chi connectivity index (χ0) is 19.3. The molecule has 2 rings (SSSR count). The van der Waals surface area contributed by atoms with Crippen LogP contribution in [0.4, 0.5) is 0 Å². The van der Waals surface area contributed by atoms with Gasteiger partial charge in [-0.2, -0.15) is 0 Å². The standard InChI is InChI=1S/C19H19Cl3N2O2/c1-12(19(26)23-2)24(11-14-5-3-4-6-16(14)21)18(25)9-13-7-8-15(20)10-17(13)22/h3-8,10,12H,9,11H2,1-2H3,(H,23,26). The lowest BCUT2D eigenvalue weighted by Crippen LogP contribution is -2.47. The van der Waals surface area contributed by atoms with Crippen LogP contribution in [0.5, 0.6) is 0 Å². The Hall–Kier alpha value is -1.75. The van der Waals surface area contributed by atoms with Gasteiger partial charge >= 0.3 is 0 Å². The molecule has 1 atom stereocenters. The number of carbonyl (C=O) groups is 2. The average molecular weight is 414 g/mol. The van der Waals surface area contributed by atoms with Gasteiger partial charge in [0.2, 0.25) is 11.8 Å². The molecule has 2 amide bonds. The highest BCUT2D eigenvalue weighted by Crippen LogP contribution is 2.23. The maximum atomic E-state index is 12.9. The first kappa shape index (κ1) is 20.6. The first-order chi connectivity index (χ1) is 12.3. The molecule has 0 aliphatic rings. The van der Waals surface area contributed by atoms with E-state index in [-0.39, 0.29) is 24.8 Å². The first-order valence-electron chi connectivity index (χ1n) is 8.02. The Morgan fingerprint density at radius 1 is 1.04 bits per heavy atom. The first-order valence-corrected chi connectivity index (χ1v) is 9.15. The topological polar surface area (TPSA) is 49.4 Å². The van der Waals surface area contributed by atoms with Gasteiger partial charge in [-0.05, 0) is 36.2 Å². The van der Waals surface area contributed by atoms with Crippen molar-refractivity contribution in [3.8, 4) is 0 Å². The fourth-order valence-corrected chi connectivity index (χ4v) is 3.20. The molecule has 0 aliphatic carbocycles. The van der Waals surface area contributed by atoms with E-state index in [1.54, 1.807) is 31.2 Å². The van der Waals surface area contributed by atoms with Gasteiger partial charge in [0.25, 0.3) is 0 Å². The lowest BCUT2D eigenvalue weighted by molar-refractivity contribution is -0.139. The Kier molecular flexibility index (Phi) is 7.33. The zero-order valence-electron chi connectivity index (χ0n) is 14.4. The Balaban J connectivity index is 2.28. The monoisotopic (exact) mass is 412 g/mol. The summed E-state index contributed by atoms with van der Waals surface area (Å²) in [6, 6.07) is 11.5. The molecule has 2 aromatic carbocycles. The average Bonchev–Trinajstić information content (AvgIpc) is 2.62. The Labute approximate surface area is 168 Å². The van der Waals surface area contributed by atoms with Crippen LogP contribution < -0.4 is 5.32 Å². The molecule has 0 aromatic heterocycles. The summed E-state index contributed by atoms with van der Waals surface area (Å²) in [6.45, 7) is 1.90. The number of hydrogen-bond donors (Lipinski definition) is 1. The largest absolute Gasteiger partial charge is 0.357 e. The molecular weight excluding hydrogens is 395 g/mol. The van der Waals surface area contributed by atoms with Crippen LogP contribution in [0.1, 0.15) is 18.1 Å². The maximum Gasteiger partial charge on any atom is 0.242 e. The van der Waals surface area contributed by atoms with E-state index in [9.17, 15) is 9.59 Å². The minimum absolute atomic E-state index is 0.0573. The van der Waals surface area contributed by atoms with E-state index in [2.05, 4.69) is 5.32 Å². The summed E-state index contributed by atoms with van der Waals surface area (Å²) in [6.07, 6.45) is 0.0573. The molecule has 0 radical (unpaired) electrons. The van der Waals surface area contributed by atoms with Crippen molar-refractivity contribution in [2.24, 2.45) is 0 Å². The van der Waals surface area contributed by atoms with Crippen molar-refractivity contribution < 1.29 is 9.59 Å². The quantitative estimate of drug-likeness (QED) is 0.765. The minimum atomic E-state index is -0.658. The van der Waals surface area contributed by atoms with E-state index in [1.807, 2.05) is 18.2 Å². The van der Waals surface area contributed by atoms with Gasteiger partial charge < -0.3 is 10.2 Å². The minimum Gasteiger partial charge on any atom is -0.357 e. The summed E-state index contributed by atoms with van der Waals surface area (Å²) in [5.41, 5.74) is 1.41. The van der Waals surface area contributed by atoms with E-state index in [0.717, 1.165) is 5.56 Å². The van der Waals surface area contributed by atoms with Crippen molar-refractivity contribution >= 4 is 46.6 Å². The number of nitrogens with zero attached hydrogens (tertiary/aromatic N) is 1. The number of rotatable bonds is 6. The van der Waals surface area contributed by atoms with Gasteiger partial charge in [-0.25, -0.2) is 0 Å². The van der Waals surface area contributed by atoms with Crippen LogP contribution in [-0.2, 0) is 22.6 Å². The second kappa shape index (κ2) is 9.26. The van der Waals surface area contributed by atoms with E-state index in [1.165, 1.54) is 11.9 Å². The summed E-state index contributed by atoms with van der Waals surface area (Å²) in [4.78, 5) is 26.5. The molecule has 0 bridgehead atoms. The smallest absolute Gasteiger partial charge is 0.242 e. The summed E-state index contributed by atoms with van der Waals surface area (Å²) >= 11 is 18.3. The number of nitrogens with one attached hydrogen (secondary N) is 1. The van der Waals surface area contributed by atoms with Crippen molar-refractivity contribution in [1.82, 2.24) is 10.2 Å². The highest BCUT2D eigenvalue weighted by Gasteiger charge is 2.26. The highest BCUT2D eigenvalue weighted by atomic mass is 35.5. The molecule has 26 heavy (non-hydrogen) atoms. The van der Waals surface area contributed by atoms with Crippen LogP contribution in [0.15, 0.2) is 42.5 Å². The predicted octanol–water partition coefficient (Wildman–Crippen LogP) is 4.35. The molecule has 0 saturated carbocycles. The molecule has 0 aliphatic heterocycles. The molecule has 2 aromatic rings. The summed E-state index contributed by atoms with van der Waals surface area (Å²) in [5, 5.41) is 4.03. The number of carbonyl (C=O) groups excluding carboxylic acids is 2. The van der Waals surface area contributed by atoms with Gasteiger partial charge in [0, 0.05) is 28.7 Å².